The molecule has 0 amide bonds. The lowest BCUT2D eigenvalue weighted by atomic mass is 9.64. The van der Waals surface area contributed by atoms with Crippen molar-refractivity contribution in [1.82, 2.24) is 21.5 Å². The van der Waals surface area contributed by atoms with Crippen LogP contribution in [0.4, 0.5) is 0 Å². The number of methoxy groups -OCH3 is 2. The van der Waals surface area contributed by atoms with Crippen molar-refractivity contribution in [3.8, 4) is 11.5 Å². The molecular weight excluding hydrogens is 384 g/mol. The minimum absolute atomic E-state index is 0.0805. The molecule has 0 aromatic heterocycles. The first-order valence-corrected chi connectivity index (χ1v) is 10.2. The van der Waals surface area contributed by atoms with Crippen LogP contribution in [0.2, 0.25) is 0 Å². The molecule has 7 heteroatoms. The van der Waals surface area contributed by atoms with E-state index in [1.54, 1.807) is 14.2 Å². The Balaban J connectivity index is 1.74. The van der Waals surface area contributed by atoms with E-state index in [1.165, 1.54) is 11.1 Å². The molecule has 2 aliphatic heterocycles. The zero-order valence-electron chi connectivity index (χ0n) is 17.2. The van der Waals surface area contributed by atoms with Gasteiger partial charge in [-0.25, -0.2) is 5.43 Å². The predicted molar refractivity (Wildman–Crippen MR) is 118 cm³/mol. The Bertz CT molecular complexity index is 885. The van der Waals surface area contributed by atoms with E-state index >= 15 is 0 Å². The molecule has 3 unspecified atom stereocenters. The number of thiocarbonyl (C=S) groups is 1. The summed E-state index contributed by atoms with van der Waals surface area (Å²) in [5.41, 5.74) is 8.40. The molecule has 0 radical (unpaired) electrons. The number of piperidine rings is 1. The highest BCUT2D eigenvalue weighted by Crippen LogP contribution is 2.50. The van der Waals surface area contributed by atoms with Crippen LogP contribution in [-0.4, -0.2) is 25.0 Å². The highest BCUT2D eigenvalue weighted by molar-refractivity contribution is 7.80. The van der Waals surface area contributed by atoms with Crippen molar-refractivity contribution in [3.63, 3.8) is 0 Å². The fourth-order valence-corrected chi connectivity index (χ4v) is 4.71. The molecular formula is C22H28N4O2S. The summed E-state index contributed by atoms with van der Waals surface area (Å²) in [6.45, 7) is 4.52. The standard InChI is InChI=1S/C22H28N4O2S/c1-21(2)19(15-7-11-17(28-4)12-8-15)23-18(13-22(21)24-20(29)25-26-22)14-5-9-16(27-3)10-6-14/h5-12,18-19,23,26H,13H2,1-4H3,(H2,24,25,29). The van der Waals surface area contributed by atoms with Gasteiger partial charge >= 0.3 is 0 Å². The summed E-state index contributed by atoms with van der Waals surface area (Å²) in [4.78, 5) is 0. The molecule has 2 aliphatic rings. The van der Waals surface area contributed by atoms with E-state index in [2.05, 4.69) is 59.6 Å². The van der Waals surface area contributed by atoms with Gasteiger partial charge in [-0.2, -0.15) is 0 Å². The lowest BCUT2D eigenvalue weighted by Crippen LogP contribution is -2.68. The summed E-state index contributed by atoms with van der Waals surface area (Å²) < 4.78 is 10.7. The molecule has 6 nitrogen and oxygen atoms in total. The Morgan fingerprint density at radius 2 is 1.45 bits per heavy atom. The Kier molecular flexibility index (Phi) is 5.14. The van der Waals surface area contributed by atoms with Crippen molar-refractivity contribution in [2.45, 2.75) is 38.0 Å². The van der Waals surface area contributed by atoms with Gasteiger partial charge in [0.1, 0.15) is 17.2 Å². The molecule has 3 atom stereocenters. The molecule has 0 bridgehead atoms. The van der Waals surface area contributed by atoms with Crippen LogP contribution in [0.5, 0.6) is 11.5 Å². The topological polar surface area (TPSA) is 66.6 Å². The van der Waals surface area contributed by atoms with E-state index in [0.717, 1.165) is 17.9 Å². The normalized spacial score (nSPS) is 27.9. The summed E-state index contributed by atoms with van der Waals surface area (Å²) in [5, 5.41) is 8.04. The summed E-state index contributed by atoms with van der Waals surface area (Å²) >= 11 is 5.41. The van der Waals surface area contributed by atoms with Crippen molar-refractivity contribution in [3.05, 3.63) is 59.7 Å². The minimum Gasteiger partial charge on any atom is -0.497 e. The third-order valence-electron chi connectivity index (χ3n) is 6.38. The quantitative estimate of drug-likeness (QED) is 0.575. The lowest BCUT2D eigenvalue weighted by molar-refractivity contribution is 0.00513. The Morgan fingerprint density at radius 3 is 1.93 bits per heavy atom. The van der Waals surface area contributed by atoms with Crippen LogP contribution in [0.3, 0.4) is 0 Å². The van der Waals surface area contributed by atoms with E-state index in [-0.39, 0.29) is 17.5 Å². The van der Waals surface area contributed by atoms with Crippen LogP contribution < -0.4 is 31.0 Å². The van der Waals surface area contributed by atoms with Crippen LogP contribution in [0.15, 0.2) is 48.5 Å². The van der Waals surface area contributed by atoms with E-state index in [0.29, 0.717) is 5.11 Å². The third kappa shape index (κ3) is 3.43. The molecule has 154 valence electrons. The highest BCUT2D eigenvalue weighted by atomic mass is 32.1. The Labute approximate surface area is 177 Å². The van der Waals surface area contributed by atoms with Crippen molar-refractivity contribution in [1.29, 1.82) is 0 Å². The van der Waals surface area contributed by atoms with Crippen LogP contribution in [0.1, 0.15) is 43.5 Å². The van der Waals surface area contributed by atoms with Crippen LogP contribution in [-0.2, 0) is 0 Å². The van der Waals surface area contributed by atoms with Crippen LogP contribution >= 0.6 is 12.2 Å². The van der Waals surface area contributed by atoms with E-state index in [4.69, 9.17) is 21.7 Å². The number of nitrogens with one attached hydrogen (secondary N) is 4. The molecule has 4 rings (SSSR count). The summed E-state index contributed by atoms with van der Waals surface area (Å²) in [7, 11) is 3.37. The van der Waals surface area contributed by atoms with E-state index in [1.807, 2.05) is 24.3 Å². The molecule has 2 aromatic carbocycles. The number of hydrazine groups is 1. The molecule has 29 heavy (non-hydrogen) atoms. The number of rotatable bonds is 4. The lowest BCUT2D eigenvalue weighted by Gasteiger charge is -2.55. The zero-order valence-corrected chi connectivity index (χ0v) is 18.0. The third-order valence-corrected chi connectivity index (χ3v) is 6.59. The fourth-order valence-electron chi connectivity index (χ4n) is 4.49. The zero-order chi connectivity index (χ0) is 20.6. The first-order chi connectivity index (χ1) is 13.9. The van der Waals surface area contributed by atoms with Gasteiger partial charge < -0.3 is 20.1 Å². The second-order valence-electron chi connectivity index (χ2n) is 8.23. The maximum atomic E-state index is 5.41. The maximum Gasteiger partial charge on any atom is 0.182 e. The predicted octanol–water partition coefficient (Wildman–Crippen LogP) is 3.18. The van der Waals surface area contributed by atoms with Crippen LogP contribution in [0, 0.1) is 5.41 Å². The van der Waals surface area contributed by atoms with E-state index < -0.39 is 5.66 Å². The monoisotopic (exact) mass is 412 g/mol. The van der Waals surface area contributed by atoms with Gasteiger partial charge in [-0.05, 0) is 47.6 Å². The van der Waals surface area contributed by atoms with Gasteiger partial charge in [-0.3, -0.25) is 5.43 Å². The summed E-state index contributed by atoms with van der Waals surface area (Å²) in [6.07, 6.45) is 0.826. The Hall–Kier alpha value is -2.35. The van der Waals surface area contributed by atoms with Gasteiger partial charge in [0.2, 0.25) is 0 Å². The van der Waals surface area contributed by atoms with Crippen molar-refractivity contribution >= 4 is 17.3 Å². The van der Waals surface area contributed by atoms with Crippen molar-refractivity contribution in [2.75, 3.05) is 14.2 Å². The number of hydrogen-bond donors (Lipinski definition) is 4. The second-order valence-corrected chi connectivity index (χ2v) is 8.64. The van der Waals surface area contributed by atoms with Crippen molar-refractivity contribution in [2.24, 2.45) is 5.41 Å². The molecule has 0 saturated carbocycles. The summed E-state index contributed by atoms with van der Waals surface area (Å²) in [5.74, 6) is 1.70. The van der Waals surface area contributed by atoms with Gasteiger partial charge in [-0.1, -0.05) is 38.1 Å². The molecule has 2 fully saturated rings. The first-order valence-electron chi connectivity index (χ1n) is 9.78. The molecule has 2 saturated heterocycles. The average molecular weight is 413 g/mol. The van der Waals surface area contributed by atoms with Gasteiger partial charge in [0.15, 0.2) is 5.11 Å². The fraction of sp³-hybridized carbons (Fsp3) is 0.409. The summed E-state index contributed by atoms with van der Waals surface area (Å²) in [6, 6.07) is 16.7. The second kappa shape index (κ2) is 7.48. The minimum atomic E-state index is -0.398. The SMILES string of the molecule is COc1ccc(C2CC3(NNC(=S)N3)C(C)(C)C(c3ccc(OC)cc3)N2)cc1. The largest absolute Gasteiger partial charge is 0.497 e. The molecule has 2 heterocycles. The first kappa shape index (κ1) is 19.9. The molecule has 2 aromatic rings. The number of benzene rings is 2. The van der Waals surface area contributed by atoms with E-state index in [9.17, 15) is 0 Å². The van der Waals surface area contributed by atoms with Gasteiger partial charge in [0.25, 0.3) is 0 Å². The van der Waals surface area contributed by atoms with Crippen LogP contribution in [0.25, 0.3) is 0 Å². The maximum absolute atomic E-state index is 5.41. The highest BCUT2D eigenvalue weighted by Gasteiger charge is 2.57. The smallest absolute Gasteiger partial charge is 0.182 e. The van der Waals surface area contributed by atoms with Crippen molar-refractivity contribution < 1.29 is 9.47 Å². The molecule has 4 N–H and O–H groups in total. The number of ether oxygens (including phenoxy) is 2. The van der Waals surface area contributed by atoms with Gasteiger partial charge in [0.05, 0.1) is 14.2 Å². The number of hydrogen-bond acceptors (Lipinski definition) is 5. The van der Waals surface area contributed by atoms with Gasteiger partial charge in [-0.15, -0.1) is 0 Å². The van der Waals surface area contributed by atoms with Gasteiger partial charge in [0, 0.05) is 23.9 Å². The Morgan fingerprint density at radius 1 is 0.897 bits per heavy atom. The molecule has 0 aliphatic carbocycles. The molecule has 1 spiro atoms. The average Bonchev–Trinajstić information content (AvgIpc) is 3.12.